The number of sulfonamides is 1. The van der Waals surface area contributed by atoms with E-state index in [4.69, 9.17) is 15.1 Å². The van der Waals surface area contributed by atoms with Gasteiger partial charge in [-0.1, -0.05) is 18.2 Å². The van der Waals surface area contributed by atoms with Crippen LogP contribution in [0.4, 0.5) is 60.0 Å². The van der Waals surface area contributed by atoms with Gasteiger partial charge < -0.3 is 29.9 Å². The molecule has 15 aromatic rings. The second-order valence-corrected chi connectivity index (χ2v) is 26.7. The fourth-order valence-corrected chi connectivity index (χ4v) is 13.6. The van der Waals surface area contributed by atoms with Gasteiger partial charge in [-0.3, -0.25) is 28.0 Å². The van der Waals surface area contributed by atoms with Crippen molar-refractivity contribution in [3.05, 3.63) is 259 Å². The van der Waals surface area contributed by atoms with Crippen molar-refractivity contribution in [3.63, 3.8) is 0 Å². The van der Waals surface area contributed by atoms with Crippen LogP contribution in [0.2, 0.25) is 0 Å². The van der Waals surface area contributed by atoms with Crippen molar-refractivity contribution in [2.75, 3.05) is 35.3 Å². The Morgan fingerprint density at radius 3 is 1.64 bits per heavy atom. The Bertz CT molecular complexity index is 5940. The molecule has 1 fully saturated rings. The predicted octanol–water partition coefficient (Wildman–Crippen LogP) is 13.3. The lowest BCUT2D eigenvalue weighted by Crippen LogP contribution is -2.36. The summed E-state index contributed by atoms with van der Waals surface area (Å²) < 4.78 is 128. The third-order valence-corrected chi connectivity index (χ3v) is 19.3. The first-order chi connectivity index (χ1) is 52.2. The zero-order valence-corrected chi connectivity index (χ0v) is 59.1. The van der Waals surface area contributed by atoms with E-state index in [0.717, 1.165) is 83.3 Å². The largest absolute Gasteiger partial charge is 0.489 e. The number of carbonyl (C=O) groups is 2. The molecule has 6 aromatic heterocycles. The Balaban J connectivity index is 0.000000129. The normalized spacial score (nSPS) is 12.8. The number of H-pyrrole nitrogens is 1. The second kappa shape index (κ2) is 30.8. The van der Waals surface area contributed by atoms with E-state index in [9.17, 15) is 58.8 Å². The van der Waals surface area contributed by atoms with Crippen molar-refractivity contribution >= 4 is 108 Å². The van der Waals surface area contributed by atoms with Gasteiger partial charge in [0.25, 0.3) is 10.0 Å². The summed E-state index contributed by atoms with van der Waals surface area (Å²) in [7, 11) is -2.69. The Morgan fingerprint density at radius 2 is 1.11 bits per heavy atom. The molecule has 1 saturated heterocycles. The van der Waals surface area contributed by atoms with E-state index in [0.29, 0.717) is 51.5 Å². The lowest BCUT2D eigenvalue weighted by Gasteiger charge is -2.23. The van der Waals surface area contributed by atoms with Crippen LogP contribution in [-0.2, 0) is 21.0 Å². The number of fused-ring (bicyclic) bond motifs is 4. The number of nitrogens with zero attached hydrogens (tertiary/aromatic N) is 15. The molecular weight excluding hydrogens is 1440 g/mol. The number of aromatic amines is 1. The summed E-state index contributed by atoms with van der Waals surface area (Å²) in [5.41, 5.74) is 7.82. The molecule has 1 unspecified atom stereocenters. The van der Waals surface area contributed by atoms with Gasteiger partial charge in [0, 0.05) is 73.8 Å². The number of hydrogen-bond donors (Lipinski definition) is 5. The molecule has 9 aromatic carbocycles. The number of aromatic carboxylic acids is 1. The van der Waals surface area contributed by atoms with E-state index in [-0.39, 0.29) is 50.9 Å². The molecule has 5 N–H and O–H groups in total. The van der Waals surface area contributed by atoms with Crippen LogP contribution in [-0.4, -0.2) is 133 Å². The molecular formula is C76H63BF7N17O7S. The SMILES string of the molecule is CC(=O)NS(=O)(=O)c1ccc2c(c1)nc(N1CCCC1C)n2-c1ccc(F)cc1.CN(c1ccccc1)c1nc2cc(-c3nn[nH]n3)ccc2n1-c1ccc(F)cc1.CN(c1cccnc1)c1nc2cc(B(O)O)c(C(F)(F)F)cc2n1-c1ccc(F)cc1.Cc1nc2cc(C(=O)O)ccc2n1-c1ccc(F)cc1. The number of pyridine rings is 1. The molecule has 1 amide bonds. The average Bonchev–Trinajstić information content (AvgIpc) is 1.63. The lowest BCUT2D eigenvalue weighted by molar-refractivity contribution is -0.136. The van der Waals surface area contributed by atoms with Crippen molar-refractivity contribution in [3.8, 4) is 34.1 Å². The number of rotatable bonds is 14. The number of amides is 1. The van der Waals surface area contributed by atoms with Crippen molar-refractivity contribution in [1.29, 1.82) is 0 Å². The highest BCUT2D eigenvalue weighted by atomic mass is 32.2. The molecule has 552 valence electrons. The number of anilines is 5. The second-order valence-electron chi connectivity index (χ2n) is 25.1. The number of aromatic nitrogens is 13. The van der Waals surface area contributed by atoms with E-state index >= 15 is 0 Å². The van der Waals surface area contributed by atoms with Gasteiger partial charge in [-0.25, -0.2) is 55.4 Å². The number of alkyl halides is 3. The monoisotopic (exact) mass is 1500 g/mol. The van der Waals surface area contributed by atoms with Gasteiger partial charge >= 0.3 is 19.3 Å². The van der Waals surface area contributed by atoms with E-state index in [1.807, 2.05) is 85.8 Å². The highest BCUT2D eigenvalue weighted by molar-refractivity contribution is 7.90. The highest BCUT2D eigenvalue weighted by Gasteiger charge is 2.38. The van der Waals surface area contributed by atoms with Crippen molar-refractivity contribution in [2.24, 2.45) is 0 Å². The summed E-state index contributed by atoms with van der Waals surface area (Å²) in [6.45, 7) is 5.92. The van der Waals surface area contributed by atoms with Gasteiger partial charge in [0.2, 0.25) is 29.6 Å². The molecule has 0 saturated carbocycles. The Labute approximate surface area is 616 Å². The number of para-hydroxylation sites is 1. The van der Waals surface area contributed by atoms with Crippen molar-refractivity contribution in [2.45, 2.75) is 50.7 Å². The van der Waals surface area contributed by atoms with E-state index in [1.54, 1.807) is 85.0 Å². The van der Waals surface area contributed by atoms with Gasteiger partial charge in [0.15, 0.2) is 0 Å². The zero-order valence-electron chi connectivity index (χ0n) is 58.3. The quantitative estimate of drug-likeness (QED) is 0.0499. The predicted molar refractivity (Wildman–Crippen MR) is 398 cm³/mol. The molecule has 33 heteroatoms. The van der Waals surface area contributed by atoms with Crippen molar-refractivity contribution in [1.82, 2.24) is 68.5 Å². The number of hydrogen-bond acceptors (Lipinski definition) is 17. The summed E-state index contributed by atoms with van der Waals surface area (Å²) in [6, 6.07) is 54.3. The van der Waals surface area contributed by atoms with Gasteiger partial charge in [-0.05, 0) is 225 Å². The number of aryl methyl sites for hydroxylation is 1. The van der Waals surface area contributed by atoms with Crippen LogP contribution >= 0.6 is 0 Å². The smallest absolute Gasteiger partial charge is 0.478 e. The number of carboxylic acids is 1. The fraction of sp³-hybridized carbons (Fsp3) is 0.132. The van der Waals surface area contributed by atoms with Gasteiger partial charge in [0.1, 0.15) is 29.1 Å². The molecule has 109 heavy (non-hydrogen) atoms. The number of carbonyl (C=O) groups excluding carboxylic acids is 1. The maximum Gasteiger partial charge on any atom is 0.489 e. The van der Waals surface area contributed by atoms with Crippen LogP contribution in [0.3, 0.4) is 0 Å². The number of benzene rings is 9. The minimum Gasteiger partial charge on any atom is -0.478 e. The van der Waals surface area contributed by atoms with Crippen molar-refractivity contribution < 1.29 is 63.9 Å². The van der Waals surface area contributed by atoms with Gasteiger partial charge in [0.05, 0.1) is 72.0 Å². The van der Waals surface area contributed by atoms with Crippen LogP contribution in [0.1, 0.15) is 48.4 Å². The average molecular weight is 1500 g/mol. The first-order valence-electron chi connectivity index (χ1n) is 33.5. The Kier molecular flexibility index (Phi) is 20.9. The Morgan fingerprint density at radius 1 is 0.596 bits per heavy atom. The molecule has 1 atom stereocenters. The molecule has 24 nitrogen and oxygen atoms in total. The zero-order chi connectivity index (χ0) is 77.2. The molecule has 0 aliphatic carbocycles. The summed E-state index contributed by atoms with van der Waals surface area (Å²) in [5, 5.41) is 42.2. The molecule has 0 radical (unpaired) electrons. The molecule has 0 bridgehead atoms. The molecule has 0 spiro atoms. The first kappa shape index (κ1) is 74.1. The minimum absolute atomic E-state index is 0.0371. The van der Waals surface area contributed by atoms with Crippen LogP contribution < -0.4 is 24.9 Å². The van der Waals surface area contributed by atoms with Crippen LogP contribution in [0.25, 0.3) is 78.3 Å². The third kappa shape index (κ3) is 15.8. The Hall–Kier alpha value is -13.1. The summed E-state index contributed by atoms with van der Waals surface area (Å²) in [4.78, 5) is 50.4. The third-order valence-electron chi connectivity index (χ3n) is 17.8. The molecule has 7 heterocycles. The van der Waals surface area contributed by atoms with Gasteiger partial charge in [-0.15, -0.1) is 10.2 Å². The maximum atomic E-state index is 13.6. The number of imidazole rings is 4. The molecule has 16 rings (SSSR count). The topological polar surface area (TPSA) is 289 Å². The van der Waals surface area contributed by atoms with Crippen LogP contribution in [0, 0.1) is 30.2 Å². The van der Waals surface area contributed by atoms with E-state index < -0.39 is 52.0 Å². The first-order valence-corrected chi connectivity index (χ1v) is 34.9. The standard InChI is InChI=1S/C21H16FN7.C20H15BF4N4O2.C20H21FN4O3S.C15H11FN2O2/c1-28(16-5-3-2-4-6-16)21-23-18-13-14(20-24-26-27-25-20)7-12-19(18)29(21)17-10-8-15(22)9-11-17;1-28(14-3-2-8-26-11-14)19-27-17-10-16(21(30)31)15(20(23,24)25)9-18(17)29(19)13-6-4-12(22)5-7-13;1-13-4-3-11-24(13)20-22-18-12-17(29(27,28)23-14(2)26)9-10-19(18)25(20)16-7-5-15(21)6-8-16;1-9-17-13-8-10(15(19)20)2-7-14(13)18(9)12-5-3-11(16)4-6-12/h2-13H,1H3,(H,24,25,26,27);2-11,30-31H,1H3;5-10,12-13H,3-4,11H2,1-2H3,(H,23,26);2-8H,1H3,(H,19,20). The van der Waals surface area contributed by atoms with Gasteiger partial charge in [-0.2, -0.15) is 18.4 Å². The maximum absolute atomic E-state index is 13.6. The summed E-state index contributed by atoms with van der Waals surface area (Å²) >= 11 is 0. The minimum atomic E-state index is -4.83. The number of nitrogens with one attached hydrogen (secondary N) is 2. The highest BCUT2D eigenvalue weighted by Crippen LogP contribution is 2.38. The molecule has 1 aliphatic rings. The summed E-state index contributed by atoms with van der Waals surface area (Å²) in [6.07, 6.45) is 0.370. The van der Waals surface area contributed by atoms with E-state index in [2.05, 4.69) is 47.4 Å². The number of halogens is 7. The van der Waals surface area contributed by atoms with Crippen LogP contribution in [0.15, 0.2) is 224 Å². The van der Waals surface area contributed by atoms with E-state index in [1.165, 1.54) is 89.5 Å². The van der Waals surface area contributed by atoms with Crippen LogP contribution in [0.5, 0.6) is 0 Å². The number of carboxylic acid groups (broad SMARTS) is 1. The lowest BCUT2D eigenvalue weighted by atomic mass is 9.76. The molecule has 1 aliphatic heterocycles. The summed E-state index contributed by atoms with van der Waals surface area (Å²) in [5.74, 6) is -0.222. The fourth-order valence-electron chi connectivity index (χ4n) is 12.6. The number of tetrazole rings is 1.